The first-order valence-electron chi connectivity index (χ1n) is 6.11. The summed E-state index contributed by atoms with van der Waals surface area (Å²) in [5.41, 5.74) is 3.19. The molecular weight excluding hydrogens is 308 g/mol. The molecule has 0 aromatic heterocycles. The van der Waals surface area contributed by atoms with Crippen molar-refractivity contribution in [3.63, 3.8) is 0 Å². The fourth-order valence-electron chi connectivity index (χ4n) is 2.72. The molecule has 0 radical (unpaired) electrons. The molecule has 1 aromatic carbocycles. The van der Waals surface area contributed by atoms with Gasteiger partial charge in [-0.2, -0.15) is 0 Å². The number of rotatable bonds is 3. The number of non-ortho nitro benzene ring substituents is 1. The van der Waals surface area contributed by atoms with Crippen LogP contribution in [0.5, 0.6) is 0 Å². The van der Waals surface area contributed by atoms with Crippen molar-refractivity contribution < 1.29 is 18.4 Å². The molecule has 0 amide bonds. The van der Waals surface area contributed by atoms with Crippen LogP contribution in [-0.2, 0) is 10.3 Å². The molecular formula is C12H10ClF2N3O3. The Hall–Kier alpha value is -1.96. The number of alkyl halides is 1. The van der Waals surface area contributed by atoms with Crippen molar-refractivity contribution >= 4 is 23.3 Å². The normalized spacial score (nSPS) is 30.1. The van der Waals surface area contributed by atoms with Crippen LogP contribution in [0.2, 0.25) is 5.02 Å². The molecule has 1 fully saturated rings. The van der Waals surface area contributed by atoms with Gasteiger partial charge in [0.15, 0.2) is 0 Å². The standard InChI is InChI=1S/C12H10ClF2N3O3/c13-8-2-5(18(19)20)1-7(10(8)15)12(4-14)6-3-9(6)21-11(16)17-12/h1-2,6,9H,3-4H2,(H2,16,17)/t6-,9+,12-/m0/s1. The summed E-state index contributed by atoms with van der Waals surface area (Å²) in [6.07, 6.45) is 0.101. The Morgan fingerprint density at radius 3 is 2.95 bits per heavy atom. The zero-order chi connectivity index (χ0) is 15.4. The quantitative estimate of drug-likeness (QED) is 0.684. The van der Waals surface area contributed by atoms with E-state index in [0.717, 1.165) is 12.1 Å². The fourth-order valence-corrected chi connectivity index (χ4v) is 2.94. The summed E-state index contributed by atoms with van der Waals surface area (Å²) in [6.45, 7) is -1.05. The van der Waals surface area contributed by atoms with E-state index in [1.807, 2.05) is 0 Å². The minimum Gasteiger partial charge on any atom is -0.462 e. The fraction of sp³-hybridized carbons (Fsp3) is 0.417. The molecule has 1 aliphatic carbocycles. The first-order valence-corrected chi connectivity index (χ1v) is 6.48. The topological polar surface area (TPSA) is 90.8 Å². The lowest BCUT2D eigenvalue weighted by atomic mass is 9.85. The van der Waals surface area contributed by atoms with Gasteiger partial charge >= 0.3 is 0 Å². The molecule has 0 saturated heterocycles. The molecule has 9 heteroatoms. The molecule has 0 spiro atoms. The number of nitrogens with two attached hydrogens (primary N) is 1. The molecule has 2 aliphatic rings. The summed E-state index contributed by atoms with van der Waals surface area (Å²) in [5, 5.41) is 10.4. The van der Waals surface area contributed by atoms with Gasteiger partial charge in [-0.15, -0.1) is 0 Å². The number of nitro benzene ring substituents is 1. The second-order valence-electron chi connectivity index (χ2n) is 5.05. The largest absolute Gasteiger partial charge is 0.462 e. The molecule has 1 aromatic rings. The molecule has 1 saturated carbocycles. The van der Waals surface area contributed by atoms with Crippen molar-refractivity contribution in [3.8, 4) is 0 Å². The minimum atomic E-state index is -1.62. The molecule has 0 bridgehead atoms. The predicted octanol–water partition coefficient (Wildman–Crippen LogP) is 2.29. The lowest BCUT2D eigenvalue weighted by Gasteiger charge is -2.31. The number of hydrogen-bond acceptors (Lipinski definition) is 5. The summed E-state index contributed by atoms with van der Waals surface area (Å²) in [6, 6.07) is 1.58. The molecule has 3 atom stereocenters. The van der Waals surface area contributed by atoms with E-state index in [0.29, 0.717) is 6.42 Å². The number of hydrogen-bond donors (Lipinski definition) is 1. The number of amidine groups is 1. The van der Waals surface area contributed by atoms with Crippen LogP contribution in [0.1, 0.15) is 12.0 Å². The maximum atomic E-state index is 14.3. The van der Waals surface area contributed by atoms with Crippen LogP contribution in [0, 0.1) is 21.8 Å². The summed E-state index contributed by atoms with van der Waals surface area (Å²) < 4.78 is 33.2. The van der Waals surface area contributed by atoms with Gasteiger partial charge in [0.05, 0.1) is 9.95 Å². The number of aliphatic imine (C=N–C) groups is 1. The highest BCUT2D eigenvalue weighted by Gasteiger charge is 2.60. The first kappa shape index (κ1) is 14.0. The number of nitrogens with zero attached hydrogens (tertiary/aromatic N) is 2. The molecule has 6 nitrogen and oxygen atoms in total. The molecule has 2 N–H and O–H groups in total. The zero-order valence-corrected chi connectivity index (χ0v) is 11.3. The van der Waals surface area contributed by atoms with Crippen LogP contribution < -0.4 is 5.73 Å². The van der Waals surface area contributed by atoms with Gasteiger partial charge in [-0.3, -0.25) is 10.1 Å². The third-order valence-corrected chi connectivity index (χ3v) is 4.10. The van der Waals surface area contributed by atoms with Gasteiger partial charge in [0, 0.05) is 23.6 Å². The van der Waals surface area contributed by atoms with E-state index in [-0.39, 0.29) is 17.7 Å². The summed E-state index contributed by atoms with van der Waals surface area (Å²) in [4.78, 5) is 14.1. The number of halogens is 3. The van der Waals surface area contributed by atoms with Crippen molar-refractivity contribution in [1.29, 1.82) is 0 Å². The van der Waals surface area contributed by atoms with Gasteiger partial charge in [-0.05, 0) is 6.42 Å². The predicted molar refractivity (Wildman–Crippen MR) is 70.3 cm³/mol. The van der Waals surface area contributed by atoms with E-state index in [2.05, 4.69) is 4.99 Å². The van der Waals surface area contributed by atoms with Crippen LogP contribution in [-0.4, -0.2) is 23.7 Å². The smallest absolute Gasteiger partial charge is 0.283 e. The Bertz CT molecular complexity index is 669. The van der Waals surface area contributed by atoms with Crippen molar-refractivity contribution in [1.82, 2.24) is 0 Å². The highest BCUT2D eigenvalue weighted by Crippen LogP contribution is 2.54. The lowest BCUT2D eigenvalue weighted by Crippen LogP contribution is -2.39. The number of ether oxygens (including phenoxy) is 1. The van der Waals surface area contributed by atoms with Crippen molar-refractivity contribution in [2.45, 2.75) is 18.1 Å². The third kappa shape index (κ3) is 2.01. The number of benzene rings is 1. The third-order valence-electron chi connectivity index (χ3n) is 3.82. The van der Waals surface area contributed by atoms with E-state index in [4.69, 9.17) is 22.1 Å². The van der Waals surface area contributed by atoms with Gasteiger partial charge in [0.2, 0.25) is 0 Å². The van der Waals surface area contributed by atoms with E-state index in [1.54, 1.807) is 0 Å². The van der Waals surface area contributed by atoms with Crippen molar-refractivity contribution in [2.24, 2.45) is 16.6 Å². The number of fused-ring (bicyclic) bond motifs is 1. The Kier molecular flexibility index (Phi) is 3.01. The molecule has 1 heterocycles. The molecule has 1 aliphatic heterocycles. The SMILES string of the molecule is NC1=N[C@](CF)(c2cc([N+](=O)[O-])cc(Cl)c2F)[C@H]2C[C@H]2O1. The molecule has 21 heavy (non-hydrogen) atoms. The minimum absolute atomic E-state index is 0.256. The van der Waals surface area contributed by atoms with E-state index in [9.17, 15) is 18.9 Å². The van der Waals surface area contributed by atoms with Crippen LogP contribution >= 0.6 is 11.6 Å². The Balaban J connectivity index is 2.22. The monoisotopic (exact) mass is 317 g/mol. The summed E-state index contributed by atoms with van der Waals surface area (Å²) in [5.74, 6) is -1.34. The number of nitro groups is 1. The molecule has 3 rings (SSSR count). The zero-order valence-electron chi connectivity index (χ0n) is 10.6. The maximum absolute atomic E-state index is 14.3. The van der Waals surface area contributed by atoms with Gasteiger partial charge in [0.1, 0.15) is 24.1 Å². The van der Waals surface area contributed by atoms with Gasteiger partial charge in [-0.25, -0.2) is 13.8 Å². The van der Waals surface area contributed by atoms with Crippen molar-refractivity contribution in [2.75, 3.05) is 6.67 Å². The van der Waals surface area contributed by atoms with E-state index < -0.39 is 39.6 Å². The molecule has 0 unspecified atom stereocenters. The highest BCUT2D eigenvalue weighted by molar-refractivity contribution is 6.31. The summed E-state index contributed by atoms with van der Waals surface area (Å²) in [7, 11) is 0. The first-order chi connectivity index (χ1) is 9.89. The van der Waals surface area contributed by atoms with E-state index >= 15 is 0 Å². The maximum Gasteiger partial charge on any atom is 0.283 e. The van der Waals surface area contributed by atoms with E-state index in [1.165, 1.54) is 0 Å². The highest BCUT2D eigenvalue weighted by atomic mass is 35.5. The van der Waals surface area contributed by atoms with Crippen LogP contribution in [0.25, 0.3) is 0 Å². The lowest BCUT2D eigenvalue weighted by molar-refractivity contribution is -0.385. The Labute approximate surface area is 122 Å². The second-order valence-corrected chi connectivity index (χ2v) is 5.46. The molecule has 112 valence electrons. The van der Waals surface area contributed by atoms with Gasteiger partial charge < -0.3 is 10.5 Å². The second kappa shape index (κ2) is 4.52. The Morgan fingerprint density at radius 1 is 1.62 bits per heavy atom. The Morgan fingerprint density at radius 2 is 2.33 bits per heavy atom. The summed E-state index contributed by atoms with van der Waals surface area (Å²) >= 11 is 5.69. The average molecular weight is 318 g/mol. The van der Waals surface area contributed by atoms with Crippen LogP contribution in [0.3, 0.4) is 0 Å². The van der Waals surface area contributed by atoms with Crippen LogP contribution in [0.4, 0.5) is 14.5 Å². The van der Waals surface area contributed by atoms with Gasteiger partial charge in [-0.1, -0.05) is 11.6 Å². The average Bonchev–Trinajstić information content (AvgIpc) is 3.19. The van der Waals surface area contributed by atoms with Gasteiger partial charge in [0.25, 0.3) is 11.7 Å². The van der Waals surface area contributed by atoms with Crippen molar-refractivity contribution in [3.05, 3.63) is 38.7 Å². The van der Waals surface area contributed by atoms with Crippen LogP contribution in [0.15, 0.2) is 17.1 Å².